The standard InChI is InChI=1S/C18H20ClN3O3/c1-12-4-3-5-16(21-12)11-25-22-13(2)14-6-7-17(19)15(10-14)8-9-24-18(20)23/h3-7,10H,8-9,11H2,1-2H3,(H2,20,23). The average Bonchev–Trinajstić information content (AvgIpc) is 2.56. The van der Waals surface area contributed by atoms with Crippen molar-refractivity contribution in [2.24, 2.45) is 10.9 Å². The van der Waals surface area contributed by atoms with Gasteiger partial charge < -0.3 is 15.3 Å². The maximum atomic E-state index is 10.6. The smallest absolute Gasteiger partial charge is 0.404 e. The van der Waals surface area contributed by atoms with Crippen LogP contribution in [0.5, 0.6) is 0 Å². The van der Waals surface area contributed by atoms with Crippen molar-refractivity contribution >= 4 is 23.4 Å². The number of carbonyl (C=O) groups excluding carboxylic acids is 1. The molecule has 6 nitrogen and oxygen atoms in total. The summed E-state index contributed by atoms with van der Waals surface area (Å²) in [5.74, 6) is 0. The van der Waals surface area contributed by atoms with Crippen LogP contribution >= 0.6 is 11.6 Å². The lowest BCUT2D eigenvalue weighted by Gasteiger charge is -2.08. The zero-order valence-corrected chi connectivity index (χ0v) is 14.9. The van der Waals surface area contributed by atoms with Gasteiger partial charge in [0.1, 0.15) is 0 Å². The molecular weight excluding hydrogens is 342 g/mol. The number of aryl methyl sites for hydroxylation is 1. The molecule has 0 saturated carbocycles. The topological polar surface area (TPSA) is 86.8 Å². The normalized spacial score (nSPS) is 11.2. The van der Waals surface area contributed by atoms with Crippen molar-refractivity contribution in [2.75, 3.05) is 6.61 Å². The number of benzene rings is 1. The molecule has 25 heavy (non-hydrogen) atoms. The van der Waals surface area contributed by atoms with Crippen LogP contribution in [0.15, 0.2) is 41.6 Å². The minimum atomic E-state index is -0.803. The van der Waals surface area contributed by atoms with Crippen LogP contribution in [-0.2, 0) is 22.6 Å². The van der Waals surface area contributed by atoms with Crippen LogP contribution < -0.4 is 5.73 Å². The number of ether oxygens (including phenoxy) is 1. The van der Waals surface area contributed by atoms with Crippen LogP contribution in [0.25, 0.3) is 0 Å². The Hall–Kier alpha value is -2.60. The zero-order valence-electron chi connectivity index (χ0n) is 14.2. The molecule has 1 aromatic carbocycles. The zero-order chi connectivity index (χ0) is 18.2. The fourth-order valence-corrected chi connectivity index (χ4v) is 2.39. The molecule has 0 fully saturated rings. The van der Waals surface area contributed by atoms with Crippen molar-refractivity contribution < 1.29 is 14.4 Å². The van der Waals surface area contributed by atoms with E-state index in [-0.39, 0.29) is 6.61 Å². The first-order valence-corrected chi connectivity index (χ1v) is 8.13. The van der Waals surface area contributed by atoms with E-state index in [2.05, 4.69) is 10.1 Å². The van der Waals surface area contributed by atoms with Crippen molar-refractivity contribution in [3.8, 4) is 0 Å². The monoisotopic (exact) mass is 361 g/mol. The number of nitrogens with two attached hydrogens (primary N) is 1. The molecule has 1 amide bonds. The third-order valence-corrected chi connectivity index (χ3v) is 3.81. The van der Waals surface area contributed by atoms with Gasteiger partial charge in [0.25, 0.3) is 0 Å². The predicted molar refractivity (Wildman–Crippen MR) is 96.7 cm³/mol. The first-order valence-electron chi connectivity index (χ1n) is 7.76. The minimum absolute atomic E-state index is 0.171. The van der Waals surface area contributed by atoms with Gasteiger partial charge in [0.15, 0.2) is 6.61 Å². The number of nitrogens with zero attached hydrogens (tertiary/aromatic N) is 2. The lowest BCUT2D eigenvalue weighted by Crippen LogP contribution is -2.15. The summed E-state index contributed by atoms with van der Waals surface area (Å²) in [6.45, 7) is 4.24. The largest absolute Gasteiger partial charge is 0.449 e. The molecule has 0 aliphatic heterocycles. The summed E-state index contributed by atoms with van der Waals surface area (Å²) in [4.78, 5) is 20.4. The van der Waals surface area contributed by atoms with Crippen molar-refractivity contribution in [1.82, 2.24) is 4.98 Å². The number of hydrogen-bond acceptors (Lipinski definition) is 5. The number of amides is 1. The number of hydrogen-bond donors (Lipinski definition) is 1. The fraction of sp³-hybridized carbons (Fsp3) is 0.278. The molecule has 0 atom stereocenters. The Morgan fingerprint density at radius 3 is 2.84 bits per heavy atom. The summed E-state index contributed by atoms with van der Waals surface area (Å²) in [5, 5.41) is 4.72. The number of halogens is 1. The SMILES string of the molecule is CC(=NOCc1cccc(C)n1)c1ccc(Cl)c(CCOC(N)=O)c1. The summed E-state index contributed by atoms with van der Waals surface area (Å²) in [6, 6.07) is 11.3. The van der Waals surface area contributed by atoms with Gasteiger partial charge in [0.2, 0.25) is 0 Å². The summed E-state index contributed by atoms with van der Waals surface area (Å²) in [5.41, 5.74) is 9.12. The fourth-order valence-electron chi connectivity index (χ4n) is 2.18. The molecule has 2 N–H and O–H groups in total. The van der Waals surface area contributed by atoms with Crippen molar-refractivity contribution in [3.05, 3.63) is 63.9 Å². The number of oxime groups is 1. The third kappa shape index (κ3) is 6.08. The second-order valence-corrected chi connectivity index (χ2v) is 5.85. The van der Waals surface area contributed by atoms with Gasteiger partial charge in [-0.05, 0) is 49.2 Å². The molecule has 2 aromatic rings. The maximum absolute atomic E-state index is 10.6. The number of rotatable bonds is 7. The van der Waals surface area contributed by atoms with Crippen molar-refractivity contribution in [1.29, 1.82) is 0 Å². The van der Waals surface area contributed by atoms with Crippen LogP contribution in [0.4, 0.5) is 4.79 Å². The van der Waals surface area contributed by atoms with Crippen LogP contribution in [0.3, 0.4) is 0 Å². The van der Waals surface area contributed by atoms with Crippen LogP contribution in [0, 0.1) is 6.92 Å². The first kappa shape index (κ1) is 18.7. The Balaban J connectivity index is 2.00. The van der Waals surface area contributed by atoms with Gasteiger partial charge in [-0.3, -0.25) is 4.98 Å². The quantitative estimate of drug-likeness (QED) is 0.602. The number of primary amides is 1. The Morgan fingerprint density at radius 2 is 2.12 bits per heavy atom. The number of pyridine rings is 1. The van der Waals surface area contributed by atoms with Crippen LogP contribution in [0.1, 0.15) is 29.4 Å². The molecule has 0 saturated heterocycles. The molecule has 132 valence electrons. The lowest BCUT2D eigenvalue weighted by molar-refractivity contribution is 0.127. The highest BCUT2D eigenvalue weighted by atomic mass is 35.5. The molecule has 0 aliphatic carbocycles. The van der Waals surface area contributed by atoms with E-state index in [1.807, 2.05) is 44.2 Å². The second-order valence-electron chi connectivity index (χ2n) is 5.44. The molecule has 0 aliphatic rings. The minimum Gasteiger partial charge on any atom is -0.449 e. The van der Waals surface area contributed by atoms with E-state index in [9.17, 15) is 4.79 Å². The summed E-state index contributed by atoms with van der Waals surface area (Å²) < 4.78 is 4.74. The van der Waals surface area contributed by atoms with Gasteiger partial charge >= 0.3 is 6.09 Å². The van der Waals surface area contributed by atoms with E-state index in [1.54, 1.807) is 6.07 Å². The molecule has 0 bridgehead atoms. The average molecular weight is 362 g/mol. The lowest BCUT2D eigenvalue weighted by atomic mass is 10.1. The van der Waals surface area contributed by atoms with E-state index >= 15 is 0 Å². The summed E-state index contributed by atoms with van der Waals surface area (Å²) >= 11 is 6.16. The highest BCUT2D eigenvalue weighted by Gasteiger charge is 2.06. The molecule has 1 heterocycles. The second kappa shape index (κ2) is 9.03. The molecule has 2 rings (SSSR count). The van der Waals surface area contributed by atoms with E-state index in [1.165, 1.54) is 0 Å². The number of carbonyl (C=O) groups is 1. The molecule has 0 unspecified atom stereocenters. The van der Waals surface area contributed by atoms with Gasteiger partial charge in [0.05, 0.1) is 18.0 Å². The molecule has 7 heteroatoms. The van der Waals surface area contributed by atoms with Gasteiger partial charge in [0, 0.05) is 17.1 Å². The van der Waals surface area contributed by atoms with Gasteiger partial charge in [-0.2, -0.15) is 0 Å². The molecular formula is C18H20ClN3O3. The first-order chi connectivity index (χ1) is 12.0. The van der Waals surface area contributed by atoms with Crippen molar-refractivity contribution in [2.45, 2.75) is 26.9 Å². The highest BCUT2D eigenvalue weighted by molar-refractivity contribution is 6.31. The van der Waals surface area contributed by atoms with Gasteiger partial charge in [-0.15, -0.1) is 0 Å². The summed E-state index contributed by atoms with van der Waals surface area (Å²) in [6.07, 6.45) is -0.333. The van der Waals surface area contributed by atoms with Crippen LogP contribution in [-0.4, -0.2) is 23.4 Å². The van der Waals surface area contributed by atoms with E-state index in [0.717, 1.165) is 22.5 Å². The molecule has 1 aromatic heterocycles. The van der Waals surface area contributed by atoms with Gasteiger partial charge in [-0.25, -0.2) is 4.79 Å². The van der Waals surface area contributed by atoms with Crippen molar-refractivity contribution in [3.63, 3.8) is 0 Å². The Labute approximate surface area is 151 Å². The van der Waals surface area contributed by atoms with E-state index < -0.39 is 6.09 Å². The maximum Gasteiger partial charge on any atom is 0.404 e. The number of aromatic nitrogens is 1. The Bertz CT molecular complexity index is 778. The Kier molecular flexibility index (Phi) is 6.77. The Morgan fingerprint density at radius 1 is 1.32 bits per heavy atom. The molecule has 0 spiro atoms. The molecule has 0 radical (unpaired) electrons. The van der Waals surface area contributed by atoms with E-state index in [0.29, 0.717) is 23.8 Å². The van der Waals surface area contributed by atoms with Gasteiger partial charge in [-0.1, -0.05) is 28.9 Å². The van der Waals surface area contributed by atoms with E-state index in [4.69, 9.17) is 26.9 Å². The highest BCUT2D eigenvalue weighted by Crippen LogP contribution is 2.19. The van der Waals surface area contributed by atoms with Crippen LogP contribution in [0.2, 0.25) is 5.02 Å². The predicted octanol–water partition coefficient (Wildman–Crippen LogP) is 3.62. The third-order valence-electron chi connectivity index (χ3n) is 3.44. The summed E-state index contributed by atoms with van der Waals surface area (Å²) in [7, 11) is 0.